The first-order chi connectivity index (χ1) is 4.61. The Hall–Kier alpha value is -0.210. The highest BCUT2D eigenvalue weighted by Gasteiger charge is 2.39. The molecule has 1 atom stereocenters. The molecule has 1 fully saturated rings. The molecule has 1 aliphatic rings. The van der Waals surface area contributed by atoms with Gasteiger partial charge in [0.25, 0.3) is 0 Å². The maximum absolute atomic E-state index is 11.9. The second-order valence-electron chi connectivity index (χ2n) is 2.67. The van der Waals surface area contributed by atoms with Gasteiger partial charge in [0.15, 0.2) is 0 Å². The quantitative estimate of drug-likeness (QED) is 0.499. The van der Waals surface area contributed by atoms with Crippen LogP contribution in [0.2, 0.25) is 0 Å². The fourth-order valence-electron chi connectivity index (χ4n) is 1.24. The van der Waals surface area contributed by atoms with Gasteiger partial charge in [0.2, 0.25) is 0 Å². The molecule has 10 heavy (non-hydrogen) atoms. The second-order valence-corrected chi connectivity index (χ2v) is 2.67. The summed E-state index contributed by atoms with van der Waals surface area (Å²) in [5, 5.41) is 0. The average Bonchev–Trinajstić information content (AvgIpc) is 1.88. The summed E-state index contributed by atoms with van der Waals surface area (Å²) >= 11 is 0. The van der Waals surface area contributed by atoms with Crippen LogP contribution in [0.4, 0.5) is 13.2 Å². The second kappa shape index (κ2) is 2.81. The van der Waals surface area contributed by atoms with Crippen molar-refractivity contribution < 1.29 is 13.2 Å². The normalized spacial score (nSPS) is 23.1. The summed E-state index contributed by atoms with van der Waals surface area (Å²) in [4.78, 5) is 0. The summed E-state index contributed by atoms with van der Waals surface area (Å²) in [6.07, 6.45) is -0.0230. The SMILES string of the molecule is FC(F)(F)C1[CH]CCCC1. The minimum Gasteiger partial charge on any atom is -0.171 e. The van der Waals surface area contributed by atoms with Crippen molar-refractivity contribution in [3.05, 3.63) is 6.42 Å². The molecular weight excluding hydrogens is 141 g/mol. The van der Waals surface area contributed by atoms with Crippen LogP contribution in [-0.4, -0.2) is 6.18 Å². The van der Waals surface area contributed by atoms with Gasteiger partial charge in [-0.15, -0.1) is 0 Å². The van der Waals surface area contributed by atoms with Crippen LogP contribution in [0.25, 0.3) is 0 Å². The van der Waals surface area contributed by atoms with E-state index in [1.54, 1.807) is 0 Å². The lowest BCUT2D eigenvalue weighted by molar-refractivity contribution is -0.169. The molecule has 59 valence electrons. The van der Waals surface area contributed by atoms with Crippen molar-refractivity contribution in [2.75, 3.05) is 0 Å². The van der Waals surface area contributed by atoms with Crippen LogP contribution in [0.1, 0.15) is 25.7 Å². The third-order valence-corrected chi connectivity index (χ3v) is 1.84. The maximum atomic E-state index is 11.9. The Bertz CT molecular complexity index is 99.9. The van der Waals surface area contributed by atoms with Crippen molar-refractivity contribution in [2.24, 2.45) is 5.92 Å². The molecule has 0 aromatic rings. The van der Waals surface area contributed by atoms with Crippen molar-refractivity contribution >= 4 is 0 Å². The van der Waals surface area contributed by atoms with Crippen LogP contribution >= 0.6 is 0 Å². The highest BCUT2D eigenvalue weighted by atomic mass is 19.4. The molecule has 0 amide bonds. The van der Waals surface area contributed by atoms with Crippen LogP contribution < -0.4 is 0 Å². The van der Waals surface area contributed by atoms with E-state index in [-0.39, 0.29) is 0 Å². The monoisotopic (exact) mass is 151 g/mol. The molecule has 0 bridgehead atoms. The van der Waals surface area contributed by atoms with Gasteiger partial charge in [-0.3, -0.25) is 0 Å². The van der Waals surface area contributed by atoms with Gasteiger partial charge in [-0.1, -0.05) is 12.8 Å². The third kappa shape index (κ3) is 1.89. The topological polar surface area (TPSA) is 0 Å². The summed E-state index contributed by atoms with van der Waals surface area (Å²) in [7, 11) is 0. The Kier molecular flexibility index (Phi) is 2.21. The van der Waals surface area contributed by atoms with Gasteiger partial charge in [-0.25, -0.2) is 0 Å². The highest BCUT2D eigenvalue weighted by Crippen LogP contribution is 2.36. The Labute approximate surface area is 58.4 Å². The Morgan fingerprint density at radius 1 is 1.20 bits per heavy atom. The fraction of sp³-hybridized carbons (Fsp3) is 0.857. The minimum atomic E-state index is -3.99. The lowest BCUT2D eigenvalue weighted by Gasteiger charge is -2.23. The number of rotatable bonds is 0. The van der Waals surface area contributed by atoms with Crippen molar-refractivity contribution in [3.8, 4) is 0 Å². The smallest absolute Gasteiger partial charge is 0.171 e. The van der Waals surface area contributed by atoms with Crippen molar-refractivity contribution in [1.82, 2.24) is 0 Å². The van der Waals surface area contributed by atoms with Gasteiger partial charge >= 0.3 is 6.18 Å². The van der Waals surface area contributed by atoms with Gasteiger partial charge in [0.1, 0.15) is 0 Å². The number of hydrogen-bond acceptors (Lipinski definition) is 0. The van der Waals surface area contributed by atoms with E-state index in [0.29, 0.717) is 12.8 Å². The predicted octanol–water partition coefficient (Wildman–Crippen LogP) is 2.94. The van der Waals surface area contributed by atoms with E-state index in [2.05, 4.69) is 0 Å². The molecule has 1 rings (SSSR count). The molecule has 0 aromatic heterocycles. The summed E-state index contributed by atoms with van der Waals surface area (Å²) < 4.78 is 35.7. The molecule has 0 aliphatic heterocycles. The third-order valence-electron chi connectivity index (χ3n) is 1.84. The zero-order chi connectivity index (χ0) is 7.61. The number of hydrogen-bond donors (Lipinski definition) is 0. The van der Waals surface area contributed by atoms with E-state index in [4.69, 9.17) is 0 Å². The van der Waals surface area contributed by atoms with Crippen molar-refractivity contribution in [1.29, 1.82) is 0 Å². The first-order valence-corrected chi connectivity index (χ1v) is 3.51. The number of alkyl halides is 3. The molecule has 0 saturated heterocycles. The van der Waals surface area contributed by atoms with E-state index in [1.165, 1.54) is 6.42 Å². The summed E-state index contributed by atoms with van der Waals surface area (Å²) in [5.41, 5.74) is 0. The van der Waals surface area contributed by atoms with E-state index in [1.807, 2.05) is 0 Å². The first kappa shape index (κ1) is 7.89. The molecule has 0 aromatic carbocycles. The van der Waals surface area contributed by atoms with E-state index < -0.39 is 12.1 Å². The first-order valence-electron chi connectivity index (χ1n) is 3.51. The lowest BCUT2D eigenvalue weighted by atomic mass is 9.89. The molecular formula is C7H10F3. The summed E-state index contributed by atoms with van der Waals surface area (Å²) in [5.74, 6) is -1.12. The number of halogens is 3. The van der Waals surface area contributed by atoms with Crippen molar-refractivity contribution in [2.45, 2.75) is 31.9 Å². The van der Waals surface area contributed by atoms with Gasteiger partial charge in [0, 0.05) is 0 Å². The fourth-order valence-corrected chi connectivity index (χ4v) is 1.24. The molecule has 0 N–H and O–H groups in total. The Balaban J connectivity index is 2.39. The van der Waals surface area contributed by atoms with E-state index in [0.717, 1.165) is 12.8 Å². The summed E-state index contributed by atoms with van der Waals surface area (Å²) in [6.45, 7) is 0. The molecule has 3 heteroatoms. The predicted molar refractivity (Wildman–Crippen MR) is 32.3 cm³/mol. The zero-order valence-corrected chi connectivity index (χ0v) is 5.62. The molecule has 1 unspecified atom stereocenters. The van der Waals surface area contributed by atoms with Crippen LogP contribution in [0.3, 0.4) is 0 Å². The molecule has 0 spiro atoms. The van der Waals surface area contributed by atoms with Gasteiger partial charge in [-0.2, -0.15) is 13.2 Å². The lowest BCUT2D eigenvalue weighted by Crippen LogP contribution is -2.25. The van der Waals surface area contributed by atoms with Crippen molar-refractivity contribution in [3.63, 3.8) is 0 Å². The van der Waals surface area contributed by atoms with Crippen LogP contribution in [0.15, 0.2) is 0 Å². The van der Waals surface area contributed by atoms with Crippen LogP contribution in [0, 0.1) is 12.3 Å². The van der Waals surface area contributed by atoms with E-state index >= 15 is 0 Å². The Morgan fingerprint density at radius 2 is 1.90 bits per heavy atom. The largest absolute Gasteiger partial charge is 0.392 e. The molecule has 0 nitrogen and oxygen atoms in total. The van der Waals surface area contributed by atoms with E-state index in [9.17, 15) is 13.2 Å². The molecule has 0 heterocycles. The van der Waals surface area contributed by atoms with Gasteiger partial charge in [-0.05, 0) is 19.3 Å². The minimum absolute atomic E-state index is 0.295. The average molecular weight is 151 g/mol. The zero-order valence-electron chi connectivity index (χ0n) is 5.62. The van der Waals surface area contributed by atoms with Gasteiger partial charge < -0.3 is 0 Å². The highest BCUT2D eigenvalue weighted by molar-refractivity contribution is 4.85. The van der Waals surface area contributed by atoms with Gasteiger partial charge in [0.05, 0.1) is 5.92 Å². The maximum Gasteiger partial charge on any atom is 0.392 e. The molecule has 1 aliphatic carbocycles. The molecule has 1 radical (unpaired) electrons. The Morgan fingerprint density at radius 3 is 2.20 bits per heavy atom. The molecule has 1 saturated carbocycles. The summed E-state index contributed by atoms with van der Waals surface area (Å²) in [6, 6.07) is 0. The standard InChI is InChI=1S/C7H10F3/c8-7(9,10)6-4-2-1-3-5-6/h4,6H,1-3,5H2. The van der Waals surface area contributed by atoms with Crippen LogP contribution in [0.5, 0.6) is 0 Å². The van der Waals surface area contributed by atoms with Crippen LogP contribution in [-0.2, 0) is 0 Å².